The average Bonchev–Trinajstić information content (AvgIpc) is 2.93. The molecule has 1 aromatic carbocycles. The number of rotatable bonds is 1. The van der Waals surface area contributed by atoms with Gasteiger partial charge in [-0.25, -0.2) is 9.38 Å². The predicted octanol–water partition coefficient (Wildman–Crippen LogP) is 2.06. The molecule has 3 rings (SSSR count). The van der Waals surface area contributed by atoms with Crippen LogP contribution in [0.3, 0.4) is 0 Å². The van der Waals surface area contributed by atoms with Crippen molar-refractivity contribution >= 4 is 17.6 Å². The lowest BCUT2D eigenvalue weighted by Crippen LogP contribution is -2.60. The van der Waals surface area contributed by atoms with Crippen LogP contribution in [0.25, 0.3) is 0 Å². The lowest BCUT2D eigenvalue weighted by Gasteiger charge is -2.41. The van der Waals surface area contributed by atoms with Gasteiger partial charge in [0, 0.05) is 6.42 Å². The van der Waals surface area contributed by atoms with Crippen LogP contribution < -0.4 is 5.32 Å². The zero-order chi connectivity index (χ0) is 15.7. The molecule has 116 valence electrons. The molecule has 1 unspecified atom stereocenters. The van der Waals surface area contributed by atoms with E-state index in [2.05, 4.69) is 10.3 Å². The Hall–Kier alpha value is -2.24. The monoisotopic (exact) mass is 302 g/mol. The molecule has 1 amide bonds. The molecule has 1 atom stereocenters. The first kappa shape index (κ1) is 14.7. The van der Waals surface area contributed by atoms with Gasteiger partial charge in [0.1, 0.15) is 11.5 Å². The van der Waals surface area contributed by atoms with Gasteiger partial charge in [-0.15, -0.1) is 0 Å². The van der Waals surface area contributed by atoms with Gasteiger partial charge in [-0.2, -0.15) is 0 Å². The van der Waals surface area contributed by atoms with Crippen molar-refractivity contribution in [3.05, 3.63) is 35.9 Å². The molecule has 22 heavy (non-hydrogen) atoms. The Morgan fingerprint density at radius 3 is 2.73 bits per heavy atom. The fraction of sp³-hybridized carbons (Fsp3) is 0.438. The van der Waals surface area contributed by atoms with Crippen LogP contribution >= 0.6 is 0 Å². The number of aliphatic imine (C=N–C) groups is 1. The molecular weight excluding hydrogens is 283 g/mol. The summed E-state index contributed by atoms with van der Waals surface area (Å²) in [5, 5.41) is 11.0. The zero-order valence-corrected chi connectivity index (χ0v) is 12.5. The second-order valence-corrected chi connectivity index (χ2v) is 6.13. The Bertz CT molecular complexity index is 618. The van der Waals surface area contributed by atoms with E-state index in [-0.39, 0.29) is 25.0 Å². The van der Waals surface area contributed by atoms with Crippen molar-refractivity contribution in [1.29, 1.82) is 5.41 Å². The van der Waals surface area contributed by atoms with Crippen molar-refractivity contribution in [3.63, 3.8) is 0 Å². The Labute approximate surface area is 128 Å². The number of amides is 1. The molecule has 6 heteroatoms. The number of amidine groups is 2. The van der Waals surface area contributed by atoms with Crippen molar-refractivity contribution < 1.29 is 9.18 Å². The third kappa shape index (κ3) is 3.00. The standard InChI is InChI=1S/C16H19FN4O/c1-16(17)9-21(10-16)15(22)14(18)20-13-8-7-12(19-13)11-5-3-2-4-6-11/h2-6,12H,7-10H2,1H3,(H2,18,19,20). The highest BCUT2D eigenvalue weighted by Gasteiger charge is 2.42. The molecule has 0 bridgehead atoms. The van der Waals surface area contributed by atoms with E-state index >= 15 is 0 Å². The highest BCUT2D eigenvalue weighted by molar-refractivity contribution is 6.38. The fourth-order valence-electron chi connectivity index (χ4n) is 2.88. The Morgan fingerprint density at radius 1 is 1.41 bits per heavy atom. The maximum Gasteiger partial charge on any atom is 0.291 e. The Balaban J connectivity index is 1.59. The summed E-state index contributed by atoms with van der Waals surface area (Å²) in [4.78, 5) is 17.3. The van der Waals surface area contributed by atoms with E-state index < -0.39 is 11.6 Å². The van der Waals surface area contributed by atoms with E-state index in [1.807, 2.05) is 30.3 Å². The smallest absolute Gasteiger partial charge is 0.291 e. The molecule has 2 aliphatic heterocycles. The minimum absolute atomic E-state index is 0.0408. The third-order valence-corrected chi connectivity index (χ3v) is 3.99. The first-order chi connectivity index (χ1) is 10.4. The largest absolute Gasteiger partial charge is 0.367 e. The number of halogens is 1. The van der Waals surface area contributed by atoms with E-state index in [0.717, 1.165) is 6.42 Å². The van der Waals surface area contributed by atoms with Crippen LogP contribution in [0.1, 0.15) is 31.4 Å². The van der Waals surface area contributed by atoms with Crippen molar-refractivity contribution in [1.82, 2.24) is 10.2 Å². The maximum atomic E-state index is 13.4. The van der Waals surface area contributed by atoms with Crippen molar-refractivity contribution in [2.75, 3.05) is 13.1 Å². The van der Waals surface area contributed by atoms with Gasteiger partial charge in [-0.05, 0) is 18.9 Å². The maximum absolute atomic E-state index is 13.4. The average molecular weight is 302 g/mol. The van der Waals surface area contributed by atoms with Crippen LogP contribution in [0.5, 0.6) is 0 Å². The number of nitrogens with one attached hydrogen (secondary N) is 2. The number of hydrogen-bond donors (Lipinski definition) is 2. The number of nitrogens with zero attached hydrogens (tertiary/aromatic N) is 2. The SMILES string of the molecule is CC1(F)CN(C(=O)C(=N)/N=C2/CCC(c3ccccc3)N2)C1. The zero-order valence-electron chi connectivity index (χ0n) is 12.5. The Kier molecular flexibility index (Phi) is 3.68. The molecular formula is C16H19FN4O. The number of carbonyl (C=O) groups excluding carboxylic acids is 1. The minimum atomic E-state index is -1.33. The molecule has 2 fully saturated rings. The molecule has 0 aliphatic carbocycles. The molecule has 2 N–H and O–H groups in total. The van der Waals surface area contributed by atoms with Crippen molar-refractivity contribution in [3.8, 4) is 0 Å². The molecule has 2 aliphatic rings. The van der Waals surface area contributed by atoms with E-state index in [4.69, 9.17) is 5.41 Å². The number of hydrogen-bond acceptors (Lipinski definition) is 2. The molecule has 2 heterocycles. The third-order valence-electron chi connectivity index (χ3n) is 3.99. The fourth-order valence-corrected chi connectivity index (χ4v) is 2.88. The summed E-state index contributed by atoms with van der Waals surface area (Å²) in [5.41, 5.74) is -0.158. The van der Waals surface area contributed by atoms with Crippen LogP contribution in [0.4, 0.5) is 4.39 Å². The summed E-state index contributed by atoms with van der Waals surface area (Å²) in [6.45, 7) is 1.54. The second-order valence-electron chi connectivity index (χ2n) is 6.13. The molecule has 5 nitrogen and oxygen atoms in total. The van der Waals surface area contributed by atoms with Gasteiger partial charge < -0.3 is 10.2 Å². The summed E-state index contributed by atoms with van der Waals surface area (Å²) in [7, 11) is 0. The van der Waals surface area contributed by atoms with E-state index in [1.165, 1.54) is 17.4 Å². The van der Waals surface area contributed by atoms with Gasteiger partial charge in [0.2, 0.25) is 5.84 Å². The summed E-state index contributed by atoms with van der Waals surface area (Å²) in [5.74, 6) is -0.185. The first-order valence-electron chi connectivity index (χ1n) is 7.40. The van der Waals surface area contributed by atoms with Gasteiger partial charge in [0.15, 0.2) is 0 Å². The molecule has 0 saturated carbocycles. The van der Waals surface area contributed by atoms with Gasteiger partial charge in [0.25, 0.3) is 5.91 Å². The summed E-state index contributed by atoms with van der Waals surface area (Å²) < 4.78 is 13.4. The van der Waals surface area contributed by atoms with E-state index in [9.17, 15) is 9.18 Å². The lowest BCUT2D eigenvalue weighted by molar-refractivity contribution is -0.136. The van der Waals surface area contributed by atoms with Crippen molar-refractivity contribution in [2.45, 2.75) is 31.5 Å². The second kappa shape index (κ2) is 5.51. The molecule has 0 spiro atoms. The van der Waals surface area contributed by atoms with Crippen LogP contribution in [-0.4, -0.2) is 41.2 Å². The quantitative estimate of drug-likeness (QED) is 0.616. The summed E-state index contributed by atoms with van der Waals surface area (Å²) in [6, 6.07) is 10.2. The van der Waals surface area contributed by atoms with E-state index in [0.29, 0.717) is 12.3 Å². The van der Waals surface area contributed by atoms with Gasteiger partial charge >= 0.3 is 0 Å². The van der Waals surface area contributed by atoms with E-state index in [1.54, 1.807) is 0 Å². The Morgan fingerprint density at radius 2 is 2.09 bits per heavy atom. The van der Waals surface area contributed by atoms with Gasteiger partial charge in [0.05, 0.1) is 19.1 Å². The topological polar surface area (TPSA) is 68.5 Å². The van der Waals surface area contributed by atoms with Crippen LogP contribution in [0, 0.1) is 5.41 Å². The van der Waals surface area contributed by atoms with Gasteiger partial charge in [-0.3, -0.25) is 10.2 Å². The minimum Gasteiger partial charge on any atom is -0.367 e. The molecule has 2 saturated heterocycles. The summed E-state index contributed by atoms with van der Waals surface area (Å²) in [6.07, 6.45) is 1.59. The van der Waals surface area contributed by atoms with Crippen LogP contribution in [0.15, 0.2) is 35.3 Å². The van der Waals surface area contributed by atoms with Crippen LogP contribution in [0.2, 0.25) is 0 Å². The summed E-state index contributed by atoms with van der Waals surface area (Å²) >= 11 is 0. The predicted molar refractivity (Wildman–Crippen MR) is 82.8 cm³/mol. The molecule has 0 aromatic heterocycles. The molecule has 1 aromatic rings. The number of alkyl halides is 1. The molecule has 0 radical (unpaired) electrons. The lowest BCUT2D eigenvalue weighted by atomic mass is 9.99. The van der Waals surface area contributed by atoms with Gasteiger partial charge in [-0.1, -0.05) is 30.3 Å². The number of benzene rings is 1. The normalized spacial score (nSPS) is 24.7. The number of carbonyl (C=O) groups is 1. The highest BCUT2D eigenvalue weighted by Crippen LogP contribution is 2.26. The first-order valence-corrected chi connectivity index (χ1v) is 7.40. The van der Waals surface area contributed by atoms with Crippen molar-refractivity contribution in [2.24, 2.45) is 4.99 Å². The number of likely N-dealkylation sites (tertiary alicyclic amines) is 1. The highest BCUT2D eigenvalue weighted by atomic mass is 19.1. The van der Waals surface area contributed by atoms with Crippen LogP contribution in [-0.2, 0) is 4.79 Å².